The standard InChI is InChI=1S/C18H21NO2/c1-11-8-12(2)17-14(18(20)21)10-15(19-16(17)9-11)13-6-4-3-5-7-13/h8-10,13H,3-7H2,1-2H3,(H,20,21). The predicted molar refractivity (Wildman–Crippen MR) is 84.0 cm³/mol. The zero-order valence-electron chi connectivity index (χ0n) is 12.6. The monoisotopic (exact) mass is 283 g/mol. The molecule has 0 aliphatic heterocycles. The molecular weight excluding hydrogens is 262 g/mol. The van der Waals surface area contributed by atoms with Crippen LogP contribution in [0.4, 0.5) is 0 Å². The van der Waals surface area contributed by atoms with E-state index in [4.69, 9.17) is 4.98 Å². The number of carboxylic acid groups (broad SMARTS) is 1. The highest BCUT2D eigenvalue weighted by Crippen LogP contribution is 2.34. The van der Waals surface area contributed by atoms with Crippen LogP contribution in [0.5, 0.6) is 0 Å². The number of hydrogen-bond donors (Lipinski definition) is 1. The largest absolute Gasteiger partial charge is 0.478 e. The molecule has 1 aliphatic carbocycles. The van der Waals surface area contributed by atoms with E-state index in [-0.39, 0.29) is 0 Å². The second-order valence-corrected chi connectivity index (χ2v) is 6.21. The highest BCUT2D eigenvalue weighted by molar-refractivity contribution is 6.04. The number of pyridine rings is 1. The molecule has 3 nitrogen and oxygen atoms in total. The predicted octanol–water partition coefficient (Wildman–Crippen LogP) is 4.60. The Labute approximate surface area is 125 Å². The van der Waals surface area contributed by atoms with Gasteiger partial charge in [0, 0.05) is 17.0 Å². The number of aryl methyl sites for hydroxylation is 2. The number of carboxylic acids is 1. The molecule has 1 aromatic heterocycles. The van der Waals surface area contributed by atoms with E-state index in [1.165, 1.54) is 19.3 Å². The van der Waals surface area contributed by atoms with Crippen molar-refractivity contribution in [3.05, 3.63) is 40.6 Å². The smallest absolute Gasteiger partial charge is 0.336 e. The molecule has 1 N–H and O–H groups in total. The van der Waals surface area contributed by atoms with Crippen molar-refractivity contribution in [1.82, 2.24) is 4.98 Å². The van der Waals surface area contributed by atoms with E-state index in [9.17, 15) is 9.90 Å². The van der Waals surface area contributed by atoms with Gasteiger partial charge in [0.2, 0.25) is 0 Å². The van der Waals surface area contributed by atoms with E-state index in [2.05, 4.69) is 0 Å². The van der Waals surface area contributed by atoms with Gasteiger partial charge in [-0.05, 0) is 49.9 Å². The van der Waals surface area contributed by atoms with Crippen molar-refractivity contribution < 1.29 is 9.90 Å². The lowest BCUT2D eigenvalue weighted by Crippen LogP contribution is -2.10. The maximum absolute atomic E-state index is 11.7. The Bertz CT molecular complexity index is 700. The Hall–Kier alpha value is -1.90. The molecule has 0 atom stereocenters. The molecule has 2 aromatic rings. The van der Waals surface area contributed by atoms with Gasteiger partial charge in [-0.15, -0.1) is 0 Å². The number of carbonyl (C=O) groups is 1. The third-order valence-corrected chi connectivity index (χ3v) is 4.52. The fraction of sp³-hybridized carbons (Fsp3) is 0.444. The molecular formula is C18H21NO2. The summed E-state index contributed by atoms with van der Waals surface area (Å²) in [6.45, 7) is 3.99. The third-order valence-electron chi connectivity index (χ3n) is 4.52. The minimum absolute atomic E-state index is 0.401. The van der Waals surface area contributed by atoms with Crippen molar-refractivity contribution in [2.24, 2.45) is 0 Å². The number of benzene rings is 1. The topological polar surface area (TPSA) is 50.2 Å². The molecule has 0 unspecified atom stereocenters. The van der Waals surface area contributed by atoms with E-state index in [0.717, 1.165) is 40.6 Å². The maximum atomic E-state index is 11.7. The molecule has 1 heterocycles. The molecule has 21 heavy (non-hydrogen) atoms. The summed E-state index contributed by atoms with van der Waals surface area (Å²) in [5.41, 5.74) is 4.31. The van der Waals surface area contributed by atoms with E-state index < -0.39 is 5.97 Å². The van der Waals surface area contributed by atoms with E-state index in [1.807, 2.05) is 32.0 Å². The average Bonchev–Trinajstić information content (AvgIpc) is 2.46. The van der Waals surface area contributed by atoms with Crippen molar-refractivity contribution in [1.29, 1.82) is 0 Å². The molecule has 0 saturated heterocycles. The van der Waals surface area contributed by atoms with Crippen LogP contribution in [0.3, 0.4) is 0 Å². The fourth-order valence-corrected chi connectivity index (χ4v) is 3.55. The molecule has 0 amide bonds. The number of aromatic carboxylic acids is 1. The Morgan fingerprint density at radius 2 is 1.86 bits per heavy atom. The summed E-state index contributed by atoms with van der Waals surface area (Å²) in [5.74, 6) is -0.437. The Morgan fingerprint density at radius 1 is 1.14 bits per heavy atom. The van der Waals surface area contributed by atoms with Crippen LogP contribution in [0.2, 0.25) is 0 Å². The van der Waals surface area contributed by atoms with E-state index >= 15 is 0 Å². The van der Waals surface area contributed by atoms with Crippen LogP contribution in [0.15, 0.2) is 18.2 Å². The zero-order valence-corrected chi connectivity index (χ0v) is 12.6. The molecule has 110 valence electrons. The zero-order chi connectivity index (χ0) is 15.0. The van der Waals surface area contributed by atoms with Crippen molar-refractivity contribution >= 4 is 16.9 Å². The highest BCUT2D eigenvalue weighted by Gasteiger charge is 2.21. The van der Waals surface area contributed by atoms with Gasteiger partial charge in [-0.3, -0.25) is 4.98 Å². The summed E-state index contributed by atoms with van der Waals surface area (Å²) < 4.78 is 0. The molecule has 3 rings (SSSR count). The van der Waals surface area contributed by atoms with Gasteiger partial charge in [0.25, 0.3) is 0 Å². The molecule has 0 spiro atoms. The number of hydrogen-bond acceptors (Lipinski definition) is 2. The van der Waals surface area contributed by atoms with Gasteiger partial charge in [-0.2, -0.15) is 0 Å². The van der Waals surface area contributed by atoms with Gasteiger partial charge in [-0.1, -0.05) is 25.3 Å². The van der Waals surface area contributed by atoms with Gasteiger partial charge >= 0.3 is 5.97 Å². The summed E-state index contributed by atoms with van der Waals surface area (Å²) in [5, 5.41) is 10.4. The van der Waals surface area contributed by atoms with E-state index in [0.29, 0.717) is 11.5 Å². The fourth-order valence-electron chi connectivity index (χ4n) is 3.55. The number of nitrogens with zero attached hydrogens (tertiary/aromatic N) is 1. The highest BCUT2D eigenvalue weighted by atomic mass is 16.4. The lowest BCUT2D eigenvalue weighted by Gasteiger charge is -2.22. The lowest BCUT2D eigenvalue weighted by atomic mass is 9.85. The summed E-state index contributed by atoms with van der Waals surface area (Å²) in [6.07, 6.45) is 5.98. The number of rotatable bonds is 2. The first-order chi connectivity index (χ1) is 10.1. The minimum Gasteiger partial charge on any atom is -0.478 e. The molecule has 1 fully saturated rings. The summed E-state index contributed by atoms with van der Waals surface area (Å²) >= 11 is 0. The van der Waals surface area contributed by atoms with Crippen molar-refractivity contribution in [2.45, 2.75) is 51.9 Å². The Morgan fingerprint density at radius 3 is 2.52 bits per heavy atom. The van der Waals surface area contributed by atoms with Crippen LogP contribution in [-0.2, 0) is 0 Å². The van der Waals surface area contributed by atoms with Gasteiger partial charge < -0.3 is 5.11 Å². The third kappa shape index (κ3) is 2.65. The summed E-state index contributed by atoms with van der Waals surface area (Å²) in [6, 6.07) is 5.83. The second kappa shape index (κ2) is 5.47. The van der Waals surface area contributed by atoms with E-state index in [1.54, 1.807) is 0 Å². The molecule has 0 radical (unpaired) electrons. The molecule has 0 bridgehead atoms. The SMILES string of the molecule is Cc1cc(C)c2c(C(=O)O)cc(C3CCCCC3)nc2c1. The van der Waals surface area contributed by atoms with Crippen LogP contribution in [-0.4, -0.2) is 16.1 Å². The van der Waals surface area contributed by atoms with Crippen LogP contribution < -0.4 is 0 Å². The van der Waals surface area contributed by atoms with Gasteiger partial charge in [0.05, 0.1) is 11.1 Å². The molecule has 1 saturated carbocycles. The van der Waals surface area contributed by atoms with Crippen LogP contribution >= 0.6 is 0 Å². The maximum Gasteiger partial charge on any atom is 0.336 e. The first kappa shape index (κ1) is 14.1. The Balaban J connectivity index is 2.21. The quantitative estimate of drug-likeness (QED) is 0.876. The summed E-state index contributed by atoms with van der Waals surface area (Å²) in [7, 11) is 0. The van der Waals surface area contributed by atoms with Crippen molar-refractivity contribution in [2.75, 3.05) is 0 Å². The van der Waals surface area contributed by atoms with Gasteiger partial charge in [-0.25, -0.2) is 4.79 Å². The van der Waals surface area contributed by atoms with Crippen LogP contribution in [0.25, 0.3) is 10.9 Å². The minimum atomic E-state index is -0.855. The van der Waals surface area contributed by atoms with Gasteiger partial charge in [0.1, 0.15) is 0 Å². The first-order valence-electron chi connectivity index (χ1n) is 7.71. The number of fused-ring (bicyclic) bond motifs is 1. The molecule has 3 heteroatoms. The van der Waals surface area contributed by atoms with Crippen LogP contribution in [0.1, 0.15) is 65.2 Å². The van der Waals surface area contributed by atoms with Gasteiger partial charge in [0.15, 0.2) is 0 Å². The Kier molecular flexibility index (Phi) is 3.66. The summed E-state index contributed by atoms with van der Waals surface area (Å²) in [4.78, 5) is 16.5. The normalized spacial score (nSPS) is 16.3. The molecule has 1 aliphatic rings. The molecule has 1 aromatic carbocycles. The van der Waals surface area contributed by atoms with Crippen LogP contribution in [0, 0.1) is 13.8 Å². The first-order valence-corrected chi connectivity index (χ1v) is 7.71. The number of aromatic nitrogens is 1. The van der Waals surface area contributed by atoms with Crippen molar-refractivity contribution in [3.8, 4) is 0 Å². The lowest BCUT2D eigenvalue weighted by molar-refractivity contribution is 0.0698. The van der Waals surface area contributed by atoms with Crippen molar-refractivity contribution in [3.63, 3.8) is 0 Å². The second-order valence-electron chi connectivity index (χ2n) is 6.21. The average molecular weight is 283 g/mol.